The zero-order chi connectivity index (χ0) is 34.5. The zero-order valence-electron chi connectivity index (χ0n) is 28.9. The van der Waals surface area contributed by atoms with Crippen LogP contribution in [0, 0.1) is 5.92 Å². The van der Waals surface area contributed by atoms with Crippen LogP contribution in [-0.2, 0) is 33.0 Å². The predicted octanol–water partition coefficient (Wildman–Crippen LogP) is 4.75. The van der Waals surface area contributed by atoms with E-state index in [1.807, 2.05) is 43.3 Å². The van der Waals surface area contributed by atoms with Gasteiger partial charge in [0, 0.05) is 49.3 Å². The maximum Gasteiger partial charge on any atom is 0.251 e. The number of hydrogen-bond donors (Lipinski definition) is 0. The van der Waals surface area contributed by atoms with E-state index in [4.69, 9.17) is 18.9 Å². The third-order valence-electron chi connectivity index (χ3n) is 9.80. The lowest BCUT2D eigenvalue weighted by atomic mass is 9.99. The van der Waals surface area contributed by atoms with Crippen molar-refractivity contribution in [2.45, 2.75) is 51.2 Å². The average molecular weight is 680 g/mol. The van der Waals surface area contributed by atoms with Gasteiger partial charge in [0.25, 0.3) is 5.91 Å². The molecule has 2 fully saturated rings. The van der Waals surface area contributed by atoms with Crippen LogP contribution in [0.3, 0.4) is 0 Å². The average Bonchev–Trinajstić information content (AvgIpc) is 3.93. The Labute approximate surface area is 293 Å². The van der Waals surface area contributed by atoms with E-state index in [1.54, 1.807) is 35.5 Å². The number of hydrogen-bond acceptors (Lipinski definition) is 10. The molecule has 4 atom stereocenters. The van der Waals surface area contributed by atoms with Gasteiger partial charge in [-0.05, 0) is 86.0 Å². The van der Waals surface area contributed by atoms with Crippen LogP contribution >= 0.6 is 0 Å². The summed E-state index contributed by atoms with van der Waals surface area (Å²) in [4.78, 5) is 19.2. The molecular formula is C38H45N7O5. The van der Waals surface area contributed by atoms with Crippen LogP contribution < -0.4 is 19.3 Å². The SMILES string of the molecule is CCC(C)N1N=CC(Cc2ccc(N3CCN(c4ccc(OC[C@@H]5CO[C@@](Cn6nccn6)(c6ccc(OC)cc6)O5)cc4)CC3)cc2)C1=O. The molecule has 3 aliphatic rings. The second-order valence-electron chi connectivity index (χ2n) is 13.1. The molecule has 1 amide bonds. The lowest BCUT2D eigenvalue weighted by Crippen LogP contribution is -2.46. The molecule has 0 spiro atoms. The Morgan fingerprint density at radius 3 is 2.12 bits per heavy atom. The van der Waals surface area contributed by atoms with Gasteiger partial charge in [0.1, 0.15) is 30.8 Å². The van der Waals surface area contributed by atoms with Gasteiger partial charge in [-0.2, -0.15) is 20.1 Å². The quantitative estimate of drug-likeness (QED) is 0.198. The van der Waals surface area contributed by atoms with Crippen LogP contribution in [-0.4, -0.2) is 90.8 Å². The van der Waals surface area contributed by atoms with Crippen molar-refractivity contribution in [3.05, 3.63) is 96.3 Å². The number of piperazine rings is 1. The minimum absolute atomic E-state index is 0.101. The van der Waals surface area contributed by atoms with Gasteiger partial charge in [-0.1, -0.05) is 19.1 Å². The molecule has 0 radical (unpaired) electrons. The van der Waals surface area contributed by atoms with Crippen LogP contribution in [0.4, 0.5) is 11.4 Å². The fraction of sp³-hybridized carbons (Fsp3) is 0.421. The van der Waals surface area contributed by atoms with Gasteiger partial charge in [-0.25, -0.2) is 5.01 Å². The number of benzene rings is 3. The number of nitrogens with zero attached hydrogens (tertiary/aromatic N) is 7. The lowest BCUT2D eigenvalue weighted by molar-refractivity contribution is -0.192. The fourth-order valence-electron chi connectivity index (χ4n) is 6.68. The summed E-state index contributed by atoms with van der Waals surface area (Å²) in [5.41, 5.74) is 4.40. The van der Waals surface area contributed by atoms with Crippen LogP contribution in [0.5, 0.6) is 11.5 Å². The molecule has 2 saturated heterocycles. The first-order valence-electron chi connectivity index (χ1n) is 17.4. The van der Waals surface area contributed by atoms with E-state index in [1.165, 1.54) is 11.4 Å². The third-order valence-corrected chi connectivity index (χ3v) is 9.80. The number of ether oxygens (including phenoxy) is 4. The van der Waals surface area contributed by atoms with E-state index in [2.05, 4.69) is 68.4 Å². The molecule has 7 rings (SSSR count). The van der Waals surface area contributed by atoms with Gasteiger partial charge < -0.3 is 28.7 Å². The largest absolute Gasteiger partial charge is 0.497 e. The van der Waals surface area contributed by atoms with Crippen LogP contribution in [0.25, 0.3) is 0 Å². The molecule has 2 unspecified atom stereocenters. The van der Waals surface area contributed by atoms with Gasteiger partial charge in [-0.15, -0.1) is 0 Å². The van der Waals surface area contributed by atoms with E-state index in [9.17, 15) is 4.79 Å². The summed E-state index contributed by atoms with van der Waals surface area (Å²) in [6, 6.07) is 24.7. The van der Waals surface area contributed by atoms with Gasteiger partial charge in [0.2, 0.25) is 5.79 Å². The molecule has 0 aliphatic carbocycles. The summed E-state index contributed by atoms with van der Waals surface area (Å²) in [6.07, 6.45) is 6.38. The molecule has 0 N–H and O–H groups in total. The van der Waals surface area contributed by atoms with Crippen molar-refractivity contribution in [1.29, 1.82) is 0 Å². The summed E-state index contributed by atoms with van der Waals surface area (Å²) in [5.74, 6) is 0.428. The van der Waals surface area contributed by atoms with Crippen molar-refractivity contribution in [3.8, 4) is 11.5 Å². The Bertz CT molecular complexity index is 1720. The van der Waals surface area contributed by atoms with Crippen molar-refractivity contribution in [3.63, 3.8) is 0 Å². The molecular weight excluding hydrogens is 634 g/mol. The first-order valence-corrected chi connectivity index (χ1v) is 17.4. The van der Waals surface area contributed by atoms with E-state index in [0.717, 1.165) is 55.2 Å². The molecule has 1 aromatic heterocycles. The molecule has 262 valence electrons. The highest BCUT2D eigenvalue weighted by atomic mass is 16.8. The molecule has 3 aliphatic heterocycles. The third kappa shape index (κ3) is 7.31. The highest BCUT2D eigenvalue weighted by molar-refractivity contribution is 5.97. The maximum absolute atomic E-state index is 12.8. The summed E-state index contributed by atoms with van der Waals surface area (Å²) < 4.78 is 24.3. The van der Waals surface area contributed by atoms with Crippen molar-refractivity contribution in [1.82, 2.24) is 20.0 Å². The molecule has 12 nitrogen and oxygen atoms in total. The van der Waals surface area contributed by atoms with Crippen molar-refractivity contribution in [2.24, 2.45) is 11.0 Å². The second-order valence-corrected chi connectivity index (χ2v) is 13.1. The normalized spacial score (nSPS) is 22.7. The standard InChI is InChI=1S/C38H45N7O5/c1-4-28(2)45-37(46)30(24-41-45)23-29-5-9-32(10-6-29)42-19-21-43(22-20-42)33-11-15-35(16-12-33)48-25-36-26-49-38(50-36,27-44-39-17-18-40-44)31-7-13-34(47-3)14-8-31/h5-18,24,28,30,36H,4,19-23,25-27H2,1-3H3/t28?,30?,36-,38-/m1/s1. The fourth-order valence-corrected chi connectivity index (χ4v) is 6.68. The van der Waals surface area contributed by atoms with E-state index in [0.29, 0.717) is 26.2 Å². The highest BCUT2D eigenvalue weighted by Gasteiger charge is 2.44. The number of methoxy groups -OCH3 is 1. The van der Waals surface area contributed by atoms with Crippen molar-refractivity contribution in [2.75, 3.05) is 56.3 Å². The Balaban J connectivity index is 0.887. The van der Waals surface area contributed by atoms with Crippen LogP contribution in [0.2, 0.25) is 0 Å². The van der Waals surface area contributed by atoms with Crippen molar-refractivity contribution < 1.29 is 23.7 Å². The summed E-state index contributed by atoms with van der Waals surface area (Å²) in [6.45, 7) is 8.86. The number of carbonyl (C=O) groups is 1. The topological polar surface area (TPSA) is 107 Å². The van der Waals surface area contributed by atoms with Crippen molar-refractivity contribution >= 4 is 23.5 Å². The van der Waals surface area contributed by atoms with Crippen LogP contribution in [0.15, 0.2) is 90.3 Å². The second kappa shape index (κ2) is 14.9. The number of carbonyl (C=O) groups excluding carboxylic acids is 1. The number of hydrazone groups is 1. The highest BCUT2D eigenvalue weighted by Crippen LogP contribution is 2.37. The summed E-state index contributed by atoms with van der Waals surface area (Å²) in [7, 11) is 1.64. The first-order chi connectivity index (χ1) is 24.4. The molecule has 3 aromatic carbocycles. The Kier molecular flexibility index (Phi) is 9.99. The number of rotatable bonds is 13. The van der Waals surface area contributed by atoms with Gasteiger partial charge in [-0.3, -0.25) is 4.79 Å². The molecule has 50 heavy (non-hydrogen) atoms. The number of amides is 1. The molecule has 4 aromatic rings. The van der Waals surface area contributed by atoms with Gasteiger partial charge >= 0.3 is 0 Å². The number of aromatic nitrogens is 3. The zero-order valence-corrected chi connectivity index (χ0v) is 28.9. The molecule has 0 saturated carbocycles. The lowest BCUT2D eigenvalue weighted by Gasteiger charge is -2.37. The minimum Gasteiger partial charge on any atom is -0.497 e. The van der Waals surface area contributed by atoms with Gasteiger partial charge in [0.05, 0.1) is 38.1 Å². The minimum atomic E-state index is -1.03. The van der Waals surface area contributed by atoms with E-state index in [-0.39, 0.29) is 24.0 Å². The molecule has 0 bridgehead atoms. The Hall–Kier alpha value is -4.94. The maximum atomic E-state index is 12.8. The first kappa shape index (κ1) is 33.6. The molecule has 4 heterocycles. The number of anilines is 2. The molecule has 12 heteroatoms. The van der Waals surface area contributed by atoms with Gasteiger partial charge in [0.15, 0.2) is 0 Å². The predicted molar refractivity (Wildman–Crippen MR) is 191 cm³/mol. The summed E-state index contributed by atoms with van der Waals surface area (Å²) in [5, 5.41) is 14.5. The van der Waals surface area contributed by atoms with E-state index >= 15 is 0 Å². The summed E-state index contributed by atoms with van der Waals surface area (Å²) >= 11 is 0. The monoisotopic (exact) mass is 679 g/mol. The smallest absolute Gasteiger partial charge is 0.251 e. The van der Waals surface area contributed by atoms with E-state index < -0.39 is 5.79 Å². The van der Waals surface area contributed by atoms with Crippen LogP contribution in [0.1, 0.15) is 31.4 Å². The Morgan fingerprint density at radius 2 is 1.50 bits per heavy atom. The Morgan fingerprint density at radius 1 is 0.880 bits per heavy atom.